The van der Waals surface area contributed by atoms with Crippen LogP contribution in [0.3, 0.4) is 0 Å². The fourth-order valence-corrected chi connectivity index (χ4v) is 2.87. The fourth-order valence-electron chi connectivity index (χ4n) is 2.87. The molecule has 4 nitrogen and oxygen atoms in total. The zero-order chi connectivity index (χ0) is 19.4. The van der Waals surface area contributed by atoms with Gasteiger partial charge in [0.1, 0.15) is 5.60 Å². The summed E-state index contributed by atoms with van der Waals surface area (Å²) in [5.41, 5.74) is 0.126. The number of aliphatic hydroxyl groups excluding tert-OH is 1. The quantitative estimate of drug-likeness (QED) is 0.715. The van der Waals surface area contributed by atoms with Gasteiger partial charge in [0, 0.05) is 18.0 Å². The zero-order valence-electron chi connectivity index (χ0n) is 14.4. The van der Waals surface area contributed by atoms with Crippen LogP contribution < -0.4 is 5.32 Å². The average Bonchev–Trinajstić information content (AvgIpc) is 3.03. The Labute approximate surface area is 150 Å². The predicted molar refractivity (Wildman–Crippen MR) is 89.9 cm³/mol. The Balaban J connectivity index is 2.02. The van der Waals surface area contributed by atoms with Crippen LogP contribution in [0.5, 0.6) is 0 Å². The van der Waals surface area contributed by atoms with Crippen LogP contribution in [0.2, 0.25) is 0 Å². The van der Waals surface area contributed by atoms with Crippen LogP contribution in [-0.4, -0.2) is 34.4 Å². The van der Waals surface area contributed by atoms with E-state index >= 15 is 0 Å². The molecule has 0 aromatic heterocycles. The van der Waals surface area contributed by atoms with Crippen molar-refractivity contribution in [2.75, 3.05) is 6.54 Å². The lowest BCUT2D eigenvalue weighted by atomic mass is 9.95. The van der Waals surface area contributed by atoms with Crippen molar-refractivity contribution in [1.82, 2.24) is 5.32 Å². The predicted octanol–water partition coefficient (Wildman–Crippen LogP) is 2.69. The monoisotopic (exact) mass is 369 g/mol. The van der Waals surface area contributed by atoms with Gasteiger partial charge in [-0.3, -0.25) is 4.79 Å². The average molecular weight is 369 g/mol. The van der Waals surface area contributed by atoms with Crippen molar-refractivity contribution >= 4 is 5.91 Å². The standard InChI is InChI=1S/C19H22F3NO3/c1-13(12-23-17(25)19(20,21)22)16(24)15-6-4-5-14(11-15)7-10-18(26)8-2-3-9-18/h4-6,11,13,16,24,26H,2-3,8-9,12H2,1H3,(H,23,25)/t13-,16-/m1/s1. The van der Waals surface area contributed by atoms with E-state index in [9.17, 15) is 28.2 Å². The van der Waals surface area contributed by atoms with Crippen LogP contribution >= 0.6 is 0 Å². The van der Waals surface area contributed by atoms with Gasteiger partial charge in [-0.15, -0.1) is 0 Å². The number of alkyl halides is 3. The molecule has 0 spiro atoms. The van der Waals surface area contributed by atoms with Crippen LogP contribution in [0.15, 0.2) is 24.3 Å². The van der Waals surface area contributed by atoms with Crippen molar-refractivity contribution in [2.24, 2.45) is 5.92 Å². The molecule has 3 N–H and O–H groups in total. The summed E-state index contributed by atoms with van der Waals surface area (Å²) in [5, 5.41) is 22.4. The van der Waals surface area contributed by atoms with E-state index in [2.05, 4.69) is 11.8 Å². The lowest BCUT2D eigenvalue weighted by Gasteiger charge is -2.20. The number of halogens is 3. The van der Waals surface area contributed by atoms with Crippen LogP contribution in [0, 0.1) is 17.8 Å². The SMILES string of the molecule is C[C@H](CNC(=O)C(F)(F)F)[C@@H](O)c1cccc(C#CC2(O)CCCC2)c1. The Morgan fingerprint density at radius 2 is 2.00 bits per heavy atom. The smallest absolute Gasteiger partial charge is 0.388 e. The van der Waals surface area contributed by atoms with Crippen molar-refractivity contribution in [3.05, 3.63) is 35.4 Å². The van der Waals surface area contributed by atoms with Gasteiger partial charge in [0.05, 0.1) is 6.10 Å². The van der Waals surface area contributed by atoms with E-state index in [-0.39, 0.29) is 6.54 Å². The van der Waals surface area contributed by atoms with E-state index in [1.807, 2.05) is 0 Å². The number of carbonyl (C=O) groups is 1. The minimum absolute atomic E-state index is 0.310. The van der Waals surface area contributed by atoms with Gasteiger partial charge < -0.3 is 15.5 Å². The number of hydrogen-bond acceptors (Lipinski definition) is 3. The minimum Gasteiger partial charge on any atom is -0.388 e. The molecule has 142 valence electrons. The maximum Gasteiger partial charge on any atom is 0.471 e. The highest BCUT2D eigenvalue weighted by Gasteiger charge is 2.38. The Kier molecular flexibility index (Phi) is 6.32. The highest BCUT2D eigenvalue weighted by atomic mass is 19.4. The number of benzene rings is 1. The van der Waals surface area contributed by atoms with Gasteiger partial charge in [-0.1, -0.05) is 30.9 Å². The molecule has 2 atom stereocenters. The first-order valence-corrected chi connectivity index (χ1v) is 8.49. The third-order valence-corrected chi connectivity index (χ3v) is 4.48. The van der Waals surface area contributed by atoms with Crippen LogP contribution in [0.25, 0.3) is 0 Å². The summed E-state index contributed by atoms with van der Waals surface area (Å²) in [6.45, 7) is 1.23. The molecule has 1 aromatic carbocycles. The van der Waals surface area contributed by atoms with E-state index in [0.717, 1.165) is 12.8 Å². The second-order valence-corrected chi connectivity index (χ2v) is 6.74. The number of amides is 1. The molecule has 1 aliphatic carbocycles. The first kappa shape index (κ1) is 20.3. The van der Waals surface area contributed by atoms with E-state index in [4.69, 9.17) is 0 Å². The topological polar surface area (TPSA) is 69.6 Å². The van der Waals surface area contributed by atoms with Crippen molar-refractivity contribution < 1.29 is 28.2 Å². The summed E-state index contributed by atoms with van der Waals surface area (Å²) in [6, 6.07) is 6.69. The van der Waals surface area contributed by atoms with Gasteiger partial charge in [-0.05, 0) is 43.4 Å². The van der Waals surface area contributed by atoms with Gasteiger partial charge in [-0.25, -0.2) is 0 Å². The molecule has 0 heterocycles. The summed E-state index contributed by atoms with van der Waals surface area (Å²) in [4.78, 5) is 10.9. The Bertz CT molecular complexity index is 700. The molecule has 2 rings (SSSR count). The molecular formula is C19H22F3NO3. The molecular weight excluding hydrogens is 347 g/mol. The summed E-state index contributed by atoms with van der Waals surface area (Å²) >= 11 is 0. The molecule has 0 aliphatic heterocycles. The van der Waals surface area contributed by atoms with Gasteiger partial charge in [0.2, 0.25) is 0 Å². The molecule has 0 saturated heterocycles. The molecule has 1 amide bonds. The second-order valence-electron chi connectivity index (χ2n) is 6.74. The number of aliphatic hydroxyl groups is 2. The fraction of sp³-hybridized carbons (Fsp3) is 0.526. The molecule has 0 radical (unpaired) electrons. The Morgan fingerprint density at radius 3 is 2.62 bits per heavy atom. The molecule has 7 heteroatoms. The summed E-state index contributed by atoms with van der Waals surface area (Å²) in [6.07, 6.45) is -2.85. The second kappa shape index (κ2) is 8.11. The molecule has 26 heavy (non-hydrogen) atoms. The number of carbonyl (C=O) groups excluding carboxylic acids is 1. The summed E-state index contributed by atoms with van der Waals surface area (Å²) < 4.78 is 36.6. The molecule has 1 fully saturated rings. The largest absolute Gasteiger partial charge is 0.471 e. The van der Waals surface area contributed by atoms with E-state index < -0.39 is 29.7 Å². The normalized spacial score (nSPS) is 18.5. The highest BCUT2D eigenvalue weighted by molar-refractivity contribution is 5.81. The van der Waals surface area contributed by atoms with Gasteiger partial charge in [0.15, 0.2) is 0 Å². The Hall–Kier alpha value is -2.04. The third-order valence-electron chi connectivity index (χ3n) is 4.48. The van der Waals surface area contributed by atoms with E-state index in [0.29, 0.717) is 24.0 Å². The molecule has 0 unspecified atom stereocenters. The zero-order valence-corrected chi connectivity index (χ0v) is 14.4. The maximum absolute atomic E-state index is 12.2. The van der Waals surface area contributed by atoms with Crippen molar-refractivity contribution in [2.45, 2.75) is 50.5 Å². The van der Waals surface area contributed by atoms with E-state index in [1.54, 1.807) is 36.5 Å². The third kappa shape index (κ3) is 5.48. The molecule has 1 aliphatic rings. The van der Waals surface area contributed by atoms with Gasteiger partial charge in [-0.2, -0.15) is 13.2 Å². The summed E-state index contributed by atoms with van der Waals surface area (Å²) in [5.74, 6) is 3.12. The molecule has 0 bridgehead atoms. The van der Waals surface area contributed by atoms with E-state index in [1.165, 1.54) is 0 Å². The lowest BCUT2D eigenvalue weighted by Crippen LogP contribution is -2.39. The lowest BCUT2D eigenvalue weighted by molar-refractivity contribution is -0.173. The first-order valence-electron chi connectivity index (χ1n) is 8.49. The van der Waals surface area contributed by atoms with Crippen LogP contribution in [0.1, 0.15) is 49.8 Å². The summed E-state index contributed by atoms with van der Waals surface area (Å²) in [7, 11) is 0. The van der Waals surface area contributed by atoms with Crippen LogP contribution in [-0.2, 0) is 4.79 Å². The minimum atomic E-state index is -4.94. The highest BCUT2D eigenvalue weighted by Crippen LogP contribution is 2.29. The van der Waals surface area contributed by atoms with Crippen molar-refractivity contribution in [1.29, 1.82) is 0 Å². The van der Waals surface area contributed by atoms with Crippen molar-refractivity contribution in [3.63, 3.8) is 0 Å². The number of hydrogen-bond donors (Lipinski definition) is 3. The first-order chi connectivity index (χ1) is 12.1. The number of nitrogens with one attached hydrogen (secondary N) is 1. The maximum atomic E-state index is 12.2. The molecule has 1 saturated carbocycles. The number of rotatable bonds is 4. The van der Waals surface area contributed by atoms with Gasteiger partial charge >= 0.3 is 12.1 Å². The molecule has 1 aromatic rings. The van der Waals surface area contributed by atoms with Gasteiger partial charge in [0.25, 0.3) is 0 Å². The Morgan fingerprint density at radius 1 is 1.35 bits per heavy atom. The van der Waals surface area contributed by atoms with Crippen LogP contribution in [0.4, 0.5) is 13.2 Å². The van der Waals surface area contributed by atoms with Crippen molar-refractivity contribution in [3.8, 4) is 11.8 Å².